The second-order valence-electron chi connectivity index (χ2n) is 7.12. The highest BCUT2D eigenvalue weighted by atomic mass is 35.5. The minimum Gasteiger partial charge on any atom is -0.396 e. The molecule has 2 atom stereocenters. The maximum Gasteiger partial charge on any atom is 0.136 e. The molecule has 2 aromatic rings. The summed E-state index contributed by atoms with van der Waals surface area (Å²) >= 11 is 6.02. The highest BCUT2D eigenvalue weighted by Crippen LogP contribution is 2.37. The fraction of sp³-hybridized carbons (Fsp3) is 0.474. The van der Waals surface area contributed by atoms with Crippen LogP contribution in [0.4, 0.5) is 5.82 Å². The number of hydrogen-bond donors (Lipinski definition) is 1. The van der Waals surface area contributed by atoms with Crippen LogP contribution in [-0.2, 0) is 13.0 Å². The number of rotatable bonds is 3. The van der Waals surface area contributed by atoms with Crippen molar-refractivity contribution < 1.29 is 5.11 Å². The van der Waals surface area contributed by atoms with Gasteiger partial charge in [0.25, 0.3) is 0 Å². The van der Waals surface area contributed by atoms with Crippen molar-refractivity contribution in [2.24, 2.45) is 5.92 Å². The van der Waals surface area contributed by atoms with Crippen LogP contribution >= 0.6 is 11.6 Å². The molecule has 4 rings (SSSR count). The number of nitrogens with zero attached hydrogens (tertiary/aromatic N) is 4. The van der Waals surface area contributed by atoms with Crippen molar-refractivity contribution in [3.63, 3.8) is 0 Å². The fourth-order valence-electron chi connectivity index (χ4n) is 4.05. The minimum atomic E-state index is 0.178. The lowest BCUT2D eigenvalue weighted by atomic mass is 9.90. The summed E-state index contributed by atoms with van der Waals surface area (Å²) in [6, 6.07) is 8.00. The minimum absolute atomic E-state index is 0.178. The number of aliphatic hydroxyl groups excluding tert-OH is 1. The number of fused-ring (bicyclic) bond motifs is 1. The van der Waals surface area contributed by atoms with Crippen LogP contribution in [0.25, 0.3) is 0 Å². The van der Waals surface area contributed by atoms with Gasteiger partial charge < -0.3 is 14.9 Å². The van der Waals surface area contributed by atoms with Crippen molar-refractivity contribution >= 4 is 17.4 Å². The van der Waals surface area contributed by atoms with Crippen LogP contribution in [0.3, 0.4) is 0 Å². The molecule has 0 radical (unpaired) electrons. The molecule has 0 spiro atoms. The molecule has 1 N–H and O–H groups in total. The molecule has 1 saturated heterocycles. The molecule has 2 aliphatic rings. The van der Waals surface area contributed by atoms with E-state index in [9.17, 15) is 5.11 Å². The number of hydrogen-bond acceptors (Lipinski definition) is 5. The Morgan fingerprint density at radius 2 is 2.00 bits per heavy atom. The van der Waals surface area contributed by atoms with Gasteiger partial charge in [-0.05, 0) is 24.7 Å². The first-order valence-corrected chi connectivity index (χ1v) is 9.16. The molecule has 3 heterocycles. The smallest absolute Gasteiger partial charge is 0.136 e. The van der Waals surface area contributed by atoms with E-state index >= 15 is 0 Å². The summed E-state index contributed by atoms with van der Waals surface area (Å²) in [4.78, 5) is 13.7. The van der Waals surface area contributed by atoms with Crippen LogP contribution in [0.5, 0.6) is 0 Å². The number of aromatic nitrogens is 2. The van der Waals surface area contributed by atoms with E-state index < -0.39 is 0 Å². The average molecular weight is 359 g/mol. The molecule has 5 nitrogen and oxygen atoms in total. The number of aliphatic hydroxyl groups is 1. The van der Waals surface area contributed by atoms with E-state index in [-0.39, 0.29) is 18.4 Å². The Bertz CT molecular complexity index is 752. The van der Waals surface area contributed by atoms with Crippen molar-refractivity contribution in [2.75, 3.05) is 38.2 Å². The van der Waals surface area contributed by atoms with Crippen LogP contribution in [0.1, 0.15) is 22.7 Å². The van der Waals surface area contributed by atoms with Gasteiger partial charge >= 0.3 is 0 Å². The SMILES string of the molecule is CN1CCc2ncnc(N3C[C@@H](CO)[C@H](c4ccc(Cl)cc4)C3)c2C1. The molecular formula is C19H23ClN4O. The summed E-state index contributed by atoms with van der Waals surface area (Å²) in [7, 11) is 2.14. The van der Waals surface area contributed by atoms with Gasteiger partial charge in [0.1, 0.15) is 12.1 Å². The molecule has 0 amide bonds. The third-order valence-electron chi connectivity index (χ3n) is 5.44. The first kappa shape index (κ1) is 16.8. The predicted octanol–water partition coefficient (Wildman–Crippen LogP) is 2.33. The van der Waals surface area contributed by atoms with Crippen molar-refractivity contribution in [1.29, 1.82) is 0 Å². The number of likely N-dealkylation sites (N-methyl/N-ethyl adjacent to an activating group) is 1. The molecule has 132 valence electrons. The van der Waals surface area contributed by atoms with Crippen LogP contribution < -0.4 is 4.90 Å². The standard InChI is InChI=1S/C19H23ClN4O/c1-23-7-6-18-17(9-23)19(22-12-21-18)24-8-14(11-25)16(10-24)13-2-4-15(20)5-3-13/h2-5,12,14,16,25H,6-11H2,1H3/t14-,16-/m0/s1. The van der Waals surface area contributed by atoms with Crippen molar-refractivity contribution in [2.45, 2.75) is 18.9 Å². The molecule has 1 fully saturated rings. The van der Waals surface area contributed by atoms with E-state index in [1.54, 1.807) is 6.33 Å². The maximum atomic E-state index is 9.90. The first-order chi connectivity index (χ1) is 12.2. The summed E-state index contributed by atoms with van der Waals surface area (Å²) < 4.78 is 0. The average Bonchev–Trinajstić information content (AvgIpc) is 3.06. The molecule has 25 heavy (non-hydrogen) atoms. The van der Waals surface area contributed by atoms with Gasteiger partial charge in [-0.1, -0.05) is 23.7 Å². The molecule has 1 aromatic heterocycles. The van der Waals surface area contributed by atoms with Crippen molar-refractivity contribution in [3.05, 3.63) is 52.4 Å². The van der Waals surface area contributed by atoms with Crippen LogP contribution in [0.15, 0.2) is 30.6 Å². The first-order valence-electron chi connectivity index (χ1n) is 8.78. The second-order valence-corrected chi connectivity index (χ2v) is 7.55. The Morgan fingerprint density at radius 3 is 2.76 bits per heavy atom. The lowest BCUT2D eigenvalue weighted by Gasteiger charge is -2.28. The molecule has 0 unspecified atom stereocenters. The fourth-order valence-corrected chi connectivity index (χ4v) is 4.18. The zero-order valence-corrected chi connectivity index (χ0v) is 15.2. The maximum absolute atomic E-state index is 9.90. The van der Waals surface area contributed by atoms with Gasteiger partial charge in [-0.15, -0.1) is 0 Å². The van der Waals surface area contributed by atoms with Crippen LogP contribution in [0.2, 0.25) is 5.02 Å². The highest BCUT2D eigenvalue weighted by molar-refractivity contribution is 6.30. The lowest BCUT2D eigenvalue weighted by molar-refractivity contribution is 0.227. The van der Waals surface area contributed by atoms with Gasteiger partial charge in [0.05, 0.1) is 5.69 Å². The number of benzene rings is 1. The summed E-state index contributed by atoms with van der Waals surface area (Å²) in [6.45, 7) is 3.78. The Balaban J connectivity index is 1.63. The third kappa shape index (κ3) is 3.24. The molecule has 0 aliphatic carbocycles. The Kier molecular flexibility index (Phi) is 4.63. The molecule has 2 aliphatic heterocycles. The second kappa shape index (κ2) is 6.90. The topological polar surface area (TPSA) is 52.5 Å². The molecule has 0 bridgehead atoms. The summed E-state index contributed by atoms with van der Waals surface area (Å²) in [5.74, 6) is 1.52. The van der Waals surface area contributed by atoms with Gasteiger partial charge in [0.2, 0.25) is 0 Å². The van der Waals surface area contributed by atoms with E-state index in [4.69, 9.17) is 11.6 Å². The lowest BCUT2D eigenvalue weighted by Crippen LogP contribution is -2.31. The highest BCUT2D eigenvalue weighted by Gasteiger charge is 2.35. The third-order valence-corrected chi connectivity index (χ3v) is 5.70. The molecule has 1 aromatic carbocycles. The predicted molar refractivity (Wildman–Crippen MR) is 99.1 cm³/mol. The van der Waals surface area contributed by atoms with E-state index in [2.05, 4.69) is 38.9 Å². The molecule has 0 saturated carbocycles. The van der Waals surface area contributed by atoms with E-state index in [0.717, 1.165) is 43.4 Å². The summed E-state index contributed by atoms with van der Waals surface area (Å²) in [5.41, 5.74) is 3.63. The van der Waals surface area contributed by atoms with E-state index in [1.807, 2.05) is 12.1 Å². The van der Waals surface area contributed by atoms with Gasteiger partial charge in [-0.3, -0.25) is 0 Å². The zero-order chi connectivity index (χ0) is 17.4. The summed E-state index contributed by atoms with van der Waals surface area (Å²) in [6.07, 6.45) is 2.66. The monoisotopic (exact) mass is 358 g/mol. The molecular weight excluding hydrogens is 336 g/mol. The van der Waals surface area contributed by atoms with Crippen LogP contribution in [0, 0.1) is 5.92 Å². The van der Waals surface area contributed by atoms with E-state index in [0.29, 0.717) is 0 Å². The molecule has 6 heteroatoms. The van der Waals surface area contributed by atoms with Gasteiger partial charge in [-0.25, -0.2) is 9.97 Å². The van der Waals surface area contributed by atoms with Crippen molar-refractivity contribution in [3.8, 4) is 0 Å². The van der Waals surface area contributed by atoms with E-state index in [1.165, 1.54) is 16.8 Å². The van der Waals surface area contributed by atoms with Gasteiger partial charge in [0, 0.05) is 61.6 Å². The Labute approximate surface area is 153 Å². The van der Waals surface area contributed by atoms with Gasteiger partial charge in [-0.2, -0.15) is 0 Å². The van der Waals surface area contributed by atoms with Gasteiger partial charge in [0.15, 0.2) is 0 Å². The number of halogens is 1. The summed E-state index contributed by atoms with van der Waals surface area (Å²) in [5, 5.41) is 10.6. The van der Waals surface area contributed by atoms with Crippen LogP contribution in [-0.4, -0.2) is 53.3 Å². The van der Waals surface area contributed by atoms with Crippen molar-refractivity contribution in [1.82, 2.24) is 14.9 Å². The number of anilines is 1. The normalized spacial score (nSPS) is 23.7. The zero-order valence-electron chi connectivity index (χ0n) is 14.4. The quantitative estimate of drug-likeness (QED) is 0.912. The Hall–Kier alpha value is -1.69. The largest absolute Gasteiger partial charge is 0.396 e. The Morgan fingerprint density at radius 1 is 1.20 bits per heavy atom.